The number of carbonyl (C=O) groups excluding carboxylic acids is 1. The van der Waals surface area contributed by atoms with Crippen LogP contribution in [0.3, 0.4) is 0 Å². The van der Waals surface area contributed by atoms with E-state index in [4.69, 9.17) is 0 Å². The highest BCUT2D eigenvalue weighted by Gasteiger charge is 2.71. The number of carbonyl (C=O) groups is 1. The molecule has 0 radical (unpaired) electrons. The van der Waals surface area contributed by atoms with Gasteiger partial charge in [-0.1, -0.05) is 76.3 Å². The van der Waals surface area contributed by atoms with Crippen molar-refractivity contribution in [2.45, 2.75) is 120 Å². The molecule has 3 fully saturated rings. The zero-order valence-corrected chi connectivity index (χ0v) is 29.2. The normalized spacial score (nSPS) is 48.3. The Balaban J connectivity index is 1.40. The minimum absolute atomic E-state index is 0.0609. The third-order valence-corrected chi connectivity index (χ3v) is 16.4. The maximum absolute atomic E-state index is 14.7. The number of rotatable bonds is 4. The van der Waals surface area contributed by atoms with Gasteiger partial charge in [-0.05, 0) is 97.3 Å². The number of aliphatic hydroxyl groups excluding tert-OH is 3. The van der Waals surface area contributed by atoms with Gasteiger partial charge in [-0.2, -0.15) is 5.26 Å². The fourth-order valence-corrected chi connectivity index (χ4v) is 11.8. The van der Waals surface area contributed by atoms with Gasteiger partial charge in [0.25, 0.3) is 0 Å². The lowest BCUT2D eigenvalue weighted by molar-refractivity contribution is -0.163. The Hall–Kier alpha value is -1.51. The van der Waals surface area contributed by atoms with Crippen molar-refractivity contribution in [1.29, 1.82) is 5.26 Å². The lowest BCUT2D eigenvalue weighted by atomic mass is 9.35. The van der Waals surface area contributed by atoms with Crippen LogP contribution in [-0.2, 0) is 4.79 Å². The summed E-state index contributed by atoms with van der Waals surface area (Å²) in [7, 11) is 0. The molecule has 0 aromatic rings. The molecule has 0 aliphatic heterocycles. The second-order valence-electron chi connectivity index (χ2n) is 16.4. The number of fused-ring (bicyclic) bond motifs is 7. The SMILES string of the molecule is C[C@H]1C(O)C(C#N)=C[C@]2(C)C3=CC(=O)C4C5CC(C)(C)CC[C@]5(NC(O)NC5C=CC(O)=CC5)CC[C@@]4(C)[C@]3(C)CC[C@@]12I. The molecule has 240 valence electrons. The van der Waals surface area contributed by atoms with Gasteiger partial charge < -0.3 is 15.3 Å². The summed E-state index contributed by atoms with van der Waals surface area (Å²) in [5.74, 6) is 0.186. The number of nitrogens with one attached hydrogen (secondary N) is 2. The van der Waals surface area contributed by atoms with Gasteiger partial charge >= 0.3 is 0 Å². The zero-order chi connectivity index (χ0) is 32.1. The molecule has 5 unspecified atom stereocenters. The summed E-state index contributed by atoms with van der Waals surface area (Å²) < 4.78 is -0.304. The second-order valence-corrected chi connectivity index (χ2v) is 18.3. The highest BCUT2D eigenvalue weighted by molar-refractivity contribution is 14.1. The van der Waals surface area contributed by atoms with Crippen LogP contribution >= 0.6 is 22.6 Å². The Morgan fingerprint density at radius 3 is 2.45 bits per heavy atom. The number of hydrogen-bond acceptors (Lipinski definition) is 7. The first-order valence-corrected chi connectivity index (χ1v) is 17.6. The van der Waals surface area contributed by atoms with E-state index in [1.165, 1.54) is 0 Å². The molecule has 3 saturated carbocycles. The van der Waals surface area contributed by atoms with Gasteiger partial charge in [0.15, 0.2) is 12.1 Å². The van der Waals surface area contributed by atoms with E-state index in [1.54, 1.807) is 12.2 Å². The summed E-state index contributed by atoms with van der Waals surface area (Å²) in [6.45, 7) is 13.6. The number of aliphatic hydroxyl groups is 3. The molecule has 0 heterocycles. The predicted molar refractivity (Wildman–Crippen MR) is 179 cm³/mol. The van der Waals surface area contributed by atoms with Gasteiger partial charge in [-0.15, -0.1) is 0 Å². The summed E-state index contributed by atoms with van der Waals surface area (Å²) in [5, 5.41) is 49.1. The Labute approximate surface area is 276 Å². The molecular formula is C36H50IN3O4. The van der Waals surface area contributed by atoms with Crippen molar-refractivity contribution in [3.05, 3.63) is 47.3 Å². The monoisotopic (exact) mass is 715 g/mol. The molecule has 0 spiro atoms. The van der Waals surface area contributed by atoms with Crippen LogP contribution in [0.25, 0.3) is 0 Å². The summed E-state index contributed by atoms with van der Waals surface area (Å²) >= 11 is 2.55. The van der Waals surface area contributed by atoms with Gasteiger partial charge in [-0.3, -0.25) is 15.4 Å². The van der Waals surface area contributed by atoms with E-state index in [-0.39, 0.29) is 60.5 Å². The molecule has 7 nitrogen and oxygen atoms in total. The Morgan fingerprint density at radius 1 is 1.09 bits per heavy atom. The van der Waals surface area contributed by atoms with Crippen LogP contribution in [0.4, 0.5) is 0 Å². The smallest absolute Gasteiger partial charge is 0.161 e. The molecule has 6 aliphatic carbocycles. The molecule has 0 amide bonds. The maximum Gasteiger partial charge on any atom is 0.161 e. The van der Waals surface area contributed by atoms with Gasteiger partial charge in [0.05, 0.1) is 17.7 Å². The maximum atomic E-state index is 14.7. The molecule has 8 heteroatoms. The van der Waals surface area contributed by atoms with Crippen molar-refractivity contribution in [1.82, 2.24) is 10.6 Å². The molecule has 44 heavy (non-hydrogen) atoms. The molecule has 11 atom stereocenters. The molecule has 6 aliphatic rings. The molecule has 5 N–H and O–H groups in total. The van der Waals surface area contributed by atoms with Crippen molar-refractivity contribution in [2.75, 3.05) is 0 Å². The van der Waals surface area contributed by atoms with Crippen LogP contribution < -0.4 is 10.6 Å². The summed E-state index contributed by atoms with van der Waals surface area (Å²) in [6, 6.07) is 2.20. The summed E-state index contributed by atoms with van der Waals surface area (Å²) in [5.41, 5.74) is 0.203. The predicted octanol–water partition coefficient (Wildman–Crippen LogP) is 6.14. The Bertz CT molecular complexity index is 1410. The van der Waals surface area contributed by atoms with Gasteiger partial charge in [-0.25, -0.2) is 0 Å². The Kier molecular flexibility index (Phi) is 7.74. The van der Waals surface area contributed by atoms with E-state index in [2.05, 4.69) is 80.8 Å². The number of allylic oxidation sites excluding steroid dienone is 4. The van der Waals surface area contributed by atoms with Crippen LogP contribution in [0.5, 0.6) is 0 Å². The largest absolute Gasteiger partial charge is 0.508 e. The van der Waals surface area contributed by atoms with Gasteiger partial charge in [0.2, 0.25) is 0 Å². The zero-order valence-electron chi connectivity index (χ0n) is 27.1. The van der Waals surface area contributed by atoms with Gasteiger partial charge in [0, 0.05) is 32.3 Å². The van der Waals surface area contributed by atoms with Crippen LogP contribution in [0.1, 0.15) is 92.9 Å². The van der Waals surface area contributed by atoms with Crippen LogP contribution in [-0.4, -0.2) is 48.6 Å². The van der Waals surface area contributed by atoms with Crippen molar-refractivity contribution >= 4 is 28.4 Å². The lowest BCUT2D eigenvalue weighted by Crippen LogP contribution is -2.72. The average Bonchev–Trinajstić information content (AvgIpc) is 2.96. The number of halogens is 1. The molecule has 6 rings (SSSR count). The number of nitrogens with zero attached hydrogens (tertiary/aromatic N) is 1. The van der Waals surface area contributed by atoms with E-state index in [1.807, 2.05) is 18.2 Å². The van der Waals surface area contributed by atoms with E-state index >= 15 is 0 Å². The number of alkyl halides is 1. The first-order chi connectivity index (χ1) is 20.5. The van der Waals surface area contributed by atoms with E-state index in [0.717, 1.165) is 50.5 Å². The highest BCUT2D eigenvalue weighted by atomic mass is 127. The minimum Gasteiger partial charge on any atom is -0.508 e. The van der Waals surface area contributed by atoms with Crippen molar-refractivity contribution in [3.8, 4) is 6.07 Å². The standard InChI is InChI=1S/C36H50IN3O4/c1-21-29(43)22(20-38)18-34(6)27-17-26(42)28-25-19-31(2,3)11-14-35(25,40-30(44)39-23-7-9-24(41)10-8-23)15-12-33(28,5)32(27,4)13-16-36(21,34)37/h7,9-10,17-18,21,23,25,28-30,39-41,43-44H,8,11-16,19H2,1-6H3/t21-,23?,25?,28?,29?,30?,32+,33+,34+,35-,36+/m0/s1. The number of hydrogen-bond donors (Lipinski definition) is 5. The third-order valence-electron chi connectivity index (χ3n) is 13.7. The summed E-state index contributed by atoms with van der Waals surface area (Å²) in [4.78, 5) is 14.7. The molecule has 0 aromatic carbocycles. The average molecular weight is 716 g/mol. The highest BCUT2D eigenvalue weighted by Crippen LogP contribution is 2.74. The van der Waals surface area contributed by atoms with E-state index < -0.39 is 17.9 Å². The topological polar surface area (TPSA) is 126 Å². The third kappa shape index (κ3) is 4.50. The fourth-order valence-electron chi connectivity index (χ4n) is 10.8. The second kappa shape index (κ2) is 10.5. The molecule has 0 saturated heterocycles. The Morgan fingerprint density at radius 2 is 1.80 bits per heavy atom. The summed E-state index contributed by atoms with van der Waals surface area (Å²) in [6.07, 6.45) is 14.5. The van der Waals surface area contributed by atoms with Crippen molar-refractivity contribution in [3.63, 3.8) is 0 Å². The van der Waals surface area contributed by atoms with Crippen LogP contribution in [0.2, 0.25) is 0 Å². The van der Waals surface area contributed by atoms with Crippen molar-refractivity contribution in [2.24, 2.45) is 39.4 Å². The van der Waals surface area contributed by atoms with Gasteiger partial charge in [0.1, 0.15) is 5.76 Å². The quantitative estimate of drug-likeness (QED) is 0.135. The molecular weight excluding hydrogens is 665 g/mol. The minimum atomic E-state index is -0.940. The van der Waals surface area contributed by atoms with E-state index in [0.29, 0.717) is 12.0 Å². The van der Waals surface area contributed by atoms with E-state index in [9.17, 15) is 25.4 Å². The molecule has 0 aromatic heterocycles. The number of ketones is 1. The first kappa shape index (κ1) is 32.4. The molecule has 0 bridgehead atoms. The van der Waals surface area contributed by atoms with Crippen molar-refractivity contribution < 1.29 is 20.1 Å². The number of nitriles is 1. The lowest BCUT2D eigenvalue weighted by Gasteiger charge is -2.70. The van der Waals surface area contributed by atoms with Crippen LogP contribution in [0.15, 0.2) is 47.3 Å². The van der Waals surface area contributed by atoms with Crippen LogP contribution in [0, 0.1) is 50.7 Å². The fraction of sp³-hybridized carbons (Fsp3) is 0.722. The first-order valence-electron chi connectivity index (χ1n) is 16.5.